The minimum atomic E-state index is -0.0510. The fourth-order valence-electron chi connectivity index (χ4n) is 2.75. The zero-order valence-electron chi connectivity index (χ0n) is 15.0. The number of nitrogens with one attached hydrogen (secondary N) is 2. The molecule has 2 heterocycles. The van der Waals surface area contributed by atoms with Crippen LogP contribution in [0.1, 0.15) is 5.56 Å². The van der Waals surface area contributed by atoms with E-state index in [1.165, 1.54) is 0 Å². The van der Waals surface area contributed by atoms with Crippen LogP contribution in [0, 0.1) is 0 Å². The standard InChI is InChI=1S/C17H21Cl2N7O/c1-20-15-22-16(21-11-12-4-2-3-5-13(12)19)24-17(23-15)26-8-6-25(7-9-26)14(27)10-18/h2-5H,6-11H2,1H3,(H2,20,21,22,23,24). The number of carbonyl (C=O) groups is 1. The molecule has 2 N–H and O–H groups in total. The summed E-state index contributed by atoms with van der Waals surface area (Å²) in [6.45, 7) is 2.97. The van der Waals surface area contributed by atoms with Crippen LogP contribution in [-0.2, 0) is 11.3 Å². The van der Waals surface area contributed by atoms with Gasteiger partial charge in [0.2, 0.25) is 23.8 Å². The molecule has 0 aliphatic carbocycles. The van der Waals surface area contributed by atoms with E-state index in [-0.39, 0.29) is 11.8 Å². The summed E-state index contributed by atoms with van der Waals surface area (Å²) in [6.07, 6.45) is 0. The first-order chi connectivity index (χ1) is 13.1. The molecule has 0 spiro atoms. The molecule has 3 rings (SSSR count). The van der Waals surface area contributed by atoms with E-state index in [9.17, 15) is 4.79 Å². The number of aromatic nitrogens is 3. The highest BCUT2D eigenvalue weighted by Crippen LogP contribution is 2.18. The molecule has 1 aliphatic rings. The Labute approximate surface area is 167 Å². The molecule has 8 nitrogen and oxygen atoms in total. The maximum atomic E-state index is 11.7. The average Bonchev–Trinajstić information content (AvgIpc) is 2.72. The maximum absolute atomic E-state index is 11.7. The number of alkyl halides is 1. The number of carbonyl (C=O) groups excluding carboxylic acids is 1. The van der Waals surface area contributed by atoms with E-state index in [1.807, 2.05) is 29.2 Å². The lowest BCUT2D eigenvalue weighted by Crippen LogP contribution is -2.49. The van der Waals surface area contributed by atoms with Crippen molar-refractivity contribution in [3.8, 4) is 0 Å². The predicted molar refractivity (Wildman–Crippen MR) is 108 cm³/mol. The van der Waals surface area contributed by atoms with Crippen molar-refractivity contribution in [2.45, 2.75) is 6.54 Å². The number of hydrogen-bond acceptors (Lipinski definition) is 7. The molecule has 2 aromatic rings. The van der Waals surface area contributed by atoms with Crippen LogP contribution >= 0.6 is 23.2 Å². The fourth-order valence-corrected chi connectivity index (χ4v) is 3.13. The van der Waals surface area contributed by atoms with Crippen molar-refractivity contribution in [3.05, 3.63) is 34.9 Å². The number of anilines is 3. The second kappa shape index (κ2) is 9.05. The molecular weight excluding hydrogens is 389 g/mol. The van der Waals surface area contributed by atoms with Crippen molar-refractivity contribution in [2.75, 3.05) is 54.6 Å². The van der Waals surface area contributed by atoms with Gasteiger partial charge in [-0.25, -0.2) is 0 Å². The Morgan fingerprint density at radius 2 is 1.81 bits per heavy atom. The van der Waals surface area contributed by atoms with E-state index < -0.39 is 0 Å². The van der Waals surface area contributed by atoms with Gasteiger partial charge in [-0.05, 0) is 11.6 Å². The Balaban J connectivity index is 1.70. The van der Waals surface area contributed by atoms with Crippen molar-refractivity contribution >= 4 is 47.0 Å². The highest BCUT2D eigenvalue weighted by Gasteiger charge is 2.23. The first-order valence-corrected chi connectivity index (χ1v) is 9.51. The lowest BCUT2D eigenvalue weighted by molar-refractivity contribution is -0.128. The Morgan fingerprint density at radius 1 is 1.11 bits per heavy atom. The van der Waals surface area contributed by atoms with E-state index in [0.29, 0.717) is 55.6 Å². The van der Waals surface area contributed by atoms with Gasteiger partial charge in [0.25, 0.3) is 0 Å². The lowest BCUT2D eigenvalue weighted by Gasteiger charge is -2.34. The molecule has 0 radical (unpaired) electrons. The number of piperazine rings is 1. The average molecular weight is 410 g/mol. The third-order valence-electron chi connectivity index (χ3n) is 4.27. The van der Waals surface area contributed by atoms with Gasteiger partial charge >= 0.3 is 0 Å². The molecule has 10 heteroatoms. The van der Waals surface area contributed by atoms with Gasteiger partial charge in [-0.2, -0.15) is 15.0 Å². The van der Waals surface area contributed by atoms with Crippen LogP contribution in [0.5, 0.6) is 0 Å². The molecular formula is C17H21Cl2N7O. The second-order valence-electron chi connectivity index (χ2n) is 5.98. The predicted octanol–water partition coefficient (Wildman–Crippen LogP) is 2.07. The van der Waals surface area contributed by atoms with E-state index in [1.54, 1.807) is 11.9 Å². The molecule has 1 saturated heterocycles. The molecule has 1 aromatic heterocycles. The Bertz CT molecular complexity index is 797. The number of hydrogen-bond donors (Lipinski definition) is 2. The van der Waals surface area contributed by atoms with Crippen LogP contribution in [0.15, 0.2) is 24.3 Å². The summed E-state index contributed by atoms with van der Waals surface area (Å²) >= 11 is 11.8. The van der Waals surface area contributed by atoms with E-state index in [4.69, 9.17) is 23.2 Å². The van der Waals surface area contributed by atoms with Crippen molar-refractivity contribution < 1.29 is 4.79 Å². The first-order valence-electron chi connectivity index (χ1n) is 8.60. The topological polar surface area (TPSA) is 86.3 Å². The van der Waals surface area contributed by atoms with E-state index >= 15 is 0 Å². The molecule has 1 aliphatic heterocycles. The minimum absolute atomic E-state index is 0.00573. The summed E-state index contributed by atoms with van der Waals surface area (Å²) in [5, 5.41) is 6.84. The van der Waals surface area contributed by atoms with Gasteiger partial charge in [0.05, 0.1) is 0 Å². The fraction of sp³-hybridized carbons (Fsp3) is 0.412. The Morgan fingerprint density at radius 3 is 2.48 bits per heavy atom. The molecule has 1 aromatic carbocycles. The SMILES string of the molecule is CNc1nc(NCc2ccccc2Cl)nc(N2CCN(C(=O)CCl)CC2)n1. The number of halogens is 2. The number of nitrogens with zero attached hydrogens (tertiary/aromatic N) is 5. The summed E-state index contributed by atoms with van der Waals surface area (Å²) in [5.41, 5.74) is 0.959. The molecule has 27 heavy (non-hydrogen) atoms. The second-order valence-corrected chi connectivity index (χ2v) is 6.65. The first kappa shape index (κ1) is 19.4. The van der Waals surface area contributed by atoms with Crippen LogP contribution in [-0.4, -0.2) is 64.9 Å². The summed E-state index contributed by atoms with van der Waals surface area (Å²) in [4.78, 5) is 28.8. The molecule has 0 atom stereocenters. The normalized spacial score (nSPS) is 14.2. The summed E-state index contributed by atoms with van der Waals surface area (Å²) in [5.74, 6) is 1.45. The highest BCUT2D eigenvalue weighted by atomic mass is 35.5. The monoisotopic (exact) mass is 409 g/mol. The van der Waals surface area contributed by atoms with Crippen molar-refractivity contribution in [1.29, 1.82) is 0 Å². The molecule has 144 valence electrons. The zero-order chi connectivity index (χ0) is 19.2. The van der Waals surface area contributed by atoms with Gasteiger partial charge < -0.3 is 20.4 Å². The highest BCUT2D eigenvalue weighted by molar-refractivity contribution is 6.31. The van der Waals surface area contributed by atoms with Crippen molar-refractivity contribution in [3.63, 3.8) is 0 Å². The van der Waals surface area contributed by atoms with Gasteiger partial charge in [-0.1, -0.05) is 29.8 Å². The summed E-state index contributed by atoms with van der Waals surface area (Å²) < 4.78 is 0. The van der Waals surface area contributed by atoms with Gasteiger partial charge in [-0.15, -0.1) is 11.6 Å². The smallest absolute Gasteiger partial charge is 0.237 e. The van der Waals surface area contributed by atoms with Crippen LogP contribution in [0.2, 0.25) is 5.02 Å². The van der Waals surface area contributed by atoms with E-state index in [2.05, 4.69) is 25.6 Å². The number of benzene rings is 1. The van der Waals surface area contributed by atoms with Crippen molar-refractivity contribution in [1.82, 2.24) is 19.9 Å². The third-order valence-corrected chi connectivity index (χ3v) is 4.87. The molecule has 0 saturated carbocycles. The van der Waals surface area contributed by atoms with Crippen LogP contribution in [0.3, 0.4) is 0 Å². The van der Waals surface area contributed by atoms with Crippen LogP contribution in [0.4, 0.5) is 17.8 Å². The van der Waals surface area contributed by atoms with Crippen molar-refractivity contribution in [2.24, 2.45) is 0 Å². The van der Waals surface area contributed by atoms with Crippen LogP contribution < -0.4 is 15.5 Å². The van der Waals surface area contributed by atoms with Gasteiger partial charge in [0.15, 0.2) is 0 Å². The number of rotatable bonds is 6. The van der Waals surface area contributed by atoms with Gasteiger partial charge in [-0.3, -0.25) is 4.79 Å². The third kappa shape index (κ3) is 4.90. The molecule has 0 unspecified atom stereocenters. The largest absolute Gasteiger partial charge is 0.357 e. The summed E-state index contributed by atoms with van der Waals surface area (Å²) in [6, 6.07) is 7.62. The quantitative estimate of drug-likeness (QED) is 0.705. The lowest BCUT2D eigenvalue weighted by atomic mass is 10.2. The van der Waals surface area contributed by atoms with E-state index in [0.717, 1.165) is 5.56 Å². The van der Waals surface area contributed by atoms with Crippen LogP contribution in [0.25, 0.3) is 0 Å². The number of amides is 1. The Kier molecular flexibility index (Phi) is 6.52. The zero-order valence-corrected chi connectivity index (χ0v) is 16.5. The minimum Gasteiger partial charge on any atom is -0.357 e. The molecule has 0 bridgehead atoms. The van der Waals surface area contributed by atoms with Gasteiger partial charge in [0, 0.05) is 44.8 Å². The Hall–Kier alpha value is -2.32. The maximum Gasteiger partial charge on any atom is 0.237 e. The molecule has 1 fully saturated rings. The molecule has 1 amide bonds. The van der Waals surface area contributed by atoms with Gasteiger partial charge in [0.1, 0.15) is 5.88 Å². The summed E-state index contributed by atoms with van der Waals surface area (Å²) in [7, 11) is 1.76.